The minimum atomic E-state index is -0.833. The van der Waals surface area contributed by atoms with E-state index >= 15 is 0 Å². The number of amides is 1. The van der Waals surface area contributed by atoms with Crippen molar-refractivity contribution in [1.29, 1.82) is 0 Å². The number of hydrogen-bond acceptors (Lipinski definition) is 5. The molecule has 1 N–H and O–H groups in total. The van der Waals surface area contributed by atoms with E-state index < -0.39 is 6.09 Å². The largest absolute Gasteiger partial charge is 0.490 e. The Labute approximate surface area is 206 Å². The SMILES string of the molecule is Cc1c(-c2ccc(OC3CCN(C(=O)O)C(CCN4CCOCC4)C3)cc2)ccc2cccnc12. The minimum absolute atomic E-state index is 0.0118. The van der Waals surface area contributed by atoms with Crippen molar-refractivity contribution in [3.63, 3.8) is 0 Å². The van der Waals surface area contributed by atoms with Gasteiger partial charge in [-0.05, 0) is 48.2 Å². The quantitative estimate of drug-likeness (QED) is 0.551. The molecule has 0 radical (unpaired) electrons. The Morgan fingerprint density at radius 2 is 1.91 bits per heavy atom. The Hall–Kier alpha value is -3.16. The average molecular weight is 476 g/mol. The maximum absolute atomic E-state index is 11.8. The number of piperidine rings is 1. The van der Waals surface area contributed by atoms with Crippen LogP contribution in [0.5, 0.6) is 5.75 Å². The van der Waals surface area contributed by atoms with Gasteiger partial charge in [0.15, 0.2) is 0 Å². The number of likely N-dealkylation sites (tertiary alicyclic amines) is 1. The zero-order valence-corrected chi connectivity index (χ0v) is 20.2. The van der Waals surface area contributed by atoms with Gasteiger partial charge in [0.1, 0.15) is 11.9 Å². The van der Waals surface area contributed by atoms with Crippen LogP contribution in [0.15, 0.2) is 54.7 Å². The summed E-state index contributed by atoms with van der Waals surface area (Å²) < 4.78 is 11.8. The van der Waals surface area contributed by atoms with Gasteiger partial charge >= 0.3 is 6.09 Å². The summed E-state index contributed by atoms with van der Waals surface area (Å²) in [5, 5.41) is 10.8. The van der Waals surface area contributed by atoms with Crippen LogP contribution in [0.25, 0.3) is 22.0 Å². The summed E-state index contributed by atoms with van der Waals surface area (Å²) in [5.41, 5.74) is 4.49. The number of carboxylic acid groups (broad SMARTS) is 1. The second-order valence-corrected chi connectivity index (χ2v) is 9.47. The lowest BCUT2D eigenvalue weighted by atomic mass is 9.96. The number of aryl methyl sites for hydroxylation is 1. The Bertz CT molecular complexity index is 1160. The number of morpholine rings is 1. The third-order valence-electron chi connectivity index (χ3n) is 7.29. The number of rotatable bonds is 6. The first-order valence-electron chi connectivity index (χ1n) is 12.5. The number of carbonyl (C=O) groups is 1. The molecule has 2 unspecified atom stereocenters. The average Bonchev–Trinajstić information content (AvgIpc) is 2.89. The van der Waals surface area contributed by atoms with Crippen molar-refractivity contribution in [2.45, 2.75) is 38.3 Å². The highest BCUT2D eigenvalue weighted by molar-refractivity contribution is 5.88. The fraction of sp³-hybridized carbons (Fsp3) is 0.429. The molecule has 1 amide bonds. The summed E-state index contributed by atoms with van der Waals surface area (Å²) in [6.07, 6.45) is 3.25. The molecule has 2 aliphatic heterocycles. The summed E-state index contributed by atoms with van der Waals surface area (Å²) >= 11 is 0. The first-order valence-corrected chi connectivity index (χ1v) is 12.5. The first-order chi connectivity index (χ1) is 17.1. The predicted molar refractivity (Wildman–Crippen MR) is 136 cm³/mol. The fourth-order valence-corrected chi connectivity index (χ4v) is 5.31. The van der Waals surface area contributed by atoms with Gasteiger partial charge in [-0.3, -0.25) is 9.88 Å². The van der Waals surface area contributed by atoms with Crippen LogP contribution in [0.1, 0.15) is 24.8 Å². The molecule has 0 bridgehead atoms. The van der Waals surface area contributed by atoms with Crippen LogP contribution >= 0.6 is 0 Å². The van der Waals surface area contributed by atoms with Gasteiger partial charge in [-0.2, -0.15) is 0 Å². The van der Waals surface area contributed by atoms with Crippen molar-refractivity contribution < 1.29 is 19.4 Å². The number of hydrogen-bond donors (Lipinski definition) is 1. The summed E-state index contributed by atoms with van der Waals surface area (Å²) in [6.45, 7) is 6.85. The second kappa shape index (κ2) is 10.6. The van der Waals surface area contributed by atoms with Crippen LogP contribution in [0.2, 0.25) is 0 Å². The molecule has 3 heterocycles. The lowest BCUT2D eigenvalue weighted by Crippen LogP contribution is -2.50. The highest BCUT2D eigenvalue weighted by Gasteiger charge is 2.33. The minimum Gasteiger partial charge on any atom is -0.490 e. The highest BCUT2D eigenvalue weighted by atomic mass is 16.5. The van der Waals surface area contributed by atoms with Crippen molar-refractivity contribution >= 4 is 17.0 Å². The lowest BCUT2D eigenvalue weighted by Gasteiger charge is -2.39. The topological polar surface area (TPSA) is 75.1 Å². The number of pyridine rings is 1. The molecular weight excluding hydrogens is 442 g/mol. The summed E-state index contributed by atoms with van der Waals surface area (Å²) in [5.74, 6) is 0.825. The van der Waals surface area contributed by atoms with Gasteiger partial charge < -0.3 is 19.5 Å². The molecule has 184 valence electrons. The van der Waals surface area contributed by atoms with E-state index in [-0.39, 0.29) is 12.1 Å². The zero-order valence-electron chi connectivity index (χ0n) is 20.2. The number of nitrogens with zero attached hydrogens (tertiary/aromatic N) is 3. The van der Waals surface area contributed by atoms with E-state index in [1.54, 1.807) is 4.90 Å². The molecule has 2 aliphatic rings. The molecule has 7 heteroatoms. The standard InChI is InChI=1S/C28H33N3O4/c1-20-26(9-6-22-3-2-12-29-27(20)22)21-4-7-24(8-5-21)35-25-11-14-31(28(32)33)23(19-25)10-13-30-15-17-34-18-16-30/h2-9,12,23,25H,10-11,13-19H2,1H3,(H,32,33). The van der Waals surface area contributed by atoms with Gasteiger partial charge in [0, 0.05) is 56.6 Å². The van der Waals surface area contributed by atoms with E-state index in [9.17, 15) is 9.90 Å². The van der Waals surface area contributed by atoms with Crippen LogP contribution in [-0.4, -0.2) is 77.5 Å². The third-order valence-corrected chi connectivity index (χ3v) is 7.29. The smallest absolute Gasteiger partial charge is 0.407 e. The predicted octanol–water partition coefficient (Wildman–Crippen LogP) is 4.82. The third kappa shape index (κ3) is 5.41. The van der Waals surface area contributed by atoms with Gasteiger partial charge in [-0.25, -0.2) is 4.79 Å². The first kappa shape index (κ1) is 23.6. The maximum Gasteiger partial charge on any atom is 0.407 e. The van der Waals surface area contributed by atoms with Gasteiger partial charge in [-0.15, -0.1) is 0 Å². The lowest BCUT2D eigenvalue weighted by molar-refractivity contribution is 0.0220. The van der Waals surface area contributed by atoms with Crippen molar-refractivity contribution in [2.24, 2.45) is 0 Å². The summed E-state index contributed by atoms with van der Waals surface area (Å²) in [6, 6.07) is 16.5. The molecule has 0 spiro atoms. The van der Waals surface area contributed by atoms with Crippen LogP contribution in [0, 0.1) is 6.92 Å². The van der Waals surface area contributed by atoms with E-state index in [1.807, 2.05) is 24.4 Å². The molecule has 7 nitrogen and oxygen atoms in total. The normalized spacial score (nSPS) is 21.2. The highest BCUT2D eigenvalue weighted by Crippen LogP contribution is 2.31. The van der Waals surface area contributed by atoms with E-state index in [4.69, 9.17) is 9.47 Å². The second-order valence-electron chi connectivity index (χ2n) is 9.47. The maximum atomic E-state index is 11.8. The Morgan fingerprint density at radius 1 is 1.11 bits per heavy atom. The van der Waals surface area contributed by atoms with Gasteiger partial charge in [-0.1, -0.05) is 30.3 Å². The van der Waals surface area contributed by atoms with Crippen molar-refractivity contribution in [2.75, 3.05) is 39.4 Å². The van der Waals surface area contributed by atoms with Crippen molar-refractivity contribution in [3.8, 4) is 16.9 Å². The number of ether oxygens (including phenoxy) is 2. The van der Waals surface area contributed by atoms with E-state index in [2.05, 4.69) is 47.1 Å². The molecule has 0 saturated carbocycles. The van der Waals surface area contributed by atoms with E-state index in [0.717, 1.165) is 61.5 Å². The molecule has 3 aromatic rings. The molecule has 2 aromatic carbocycles. The van der Waals surface area contributed by atoms with Crippen LogP contribution < -0.4 is 4.74 Å². The number of fused-ring (bicyclic) bond motifs is 1. The fourth-order valence-electron chi connectivity index (χ4n) is 5.31. The van der Waals surface area contributed by atoms with Crippen LogP contribution in [-0.2, 0) is 4.74 Å². The molecule has 2 saturated heterocycles. The van der Waals surface area contributed by atoms with Crippen molar-refractivity contribution in [1.82, 2.24) is 14.8 Å². The van der Waals surface area contributed by atoms with Crippen LogP contribution in [0.4, 0.5) is 4.79 Å². The molecule has 0 aliphatic carbocycles. The van der Waals surface area contributed by atoms with Gasteiger partial charge in [0.05, 0.1) is 18.7 Å². The molecule has 2 atom stereocenters. The number of aromatic nitrogens is 1. The monoisotopic (exact) mass is 475 g/mol. The molecule has 35 heavy (non-hydrogen) atoms. The van der Waals surface area contributed by atoms with Crippen molar-refractivity contribution in [3.05, 3.63) is 60.3 Å². The number of benzene rings is 2. The molecular formula is C28H33N3O4. The van der Waals surface area contributed by atoms with E-state index in [0.29, 0.717) is 19.4 Å². The summed E-state index contributed by atoms with van der Waals surface area (Å²) in [7, 11) is 0. The summed E-state index contributed by atoms with van der Waals surface area (Å²) in [4.78, 5) is 20.3. The Morgan fingerprint density at radius 3 is 2.69 bits per heavy atom. The van der Waals surface area contributed by atoms with Gasteiger partial charge in [0.25, 0.3) is 0 Å². The molecule has 1 aromatic heterocycles. The van der Waals surface area contributed by atoms with E-state index in [1.165, 1.54) is 11.1 Å². The molecule has 2 fully saturated rings. The Kier molecular flexibility index (Phi) is 7.16. The Balaban J connectivity index is 1.24. The zero-order chi connectivity index (χ0) is 24.2. The van der Waals surface area contributed by atoms with Gasteiger partial charge in [0.2, 0.25) is 0 Å². The molecule has 5 rings (SSSR count). The van der Waals surface area contributed by atoms with Crippen LogP contribution in [0.3, 0.4) is 0 Å².